The Hall–Kier alpha value is -6.98. The predicted octanol–water partition coefficient (Wildman–Crippen LogP) is 11.3. The minimum atomic E-state index is 0.700. The summed E-state index contributed by atoms with van der Waals surface area (Å²) >= 11 is 0. The fourth-order valence-corrected chi connectivity index (χ4v) is 7.11. The number of hydrogen-bond donors (Lipinski definition) is 0. The average molecular weight is 652 g/mol. The largest absolute Gasteiger partial charge is 0.284 e. The predicted molar refractivity (Wildman–Crippen MR) is 208 cm³/mol. The number of benzene rings is 6. The molecule has 0 fully saturated rings. The highest BCUT2D eigenvalue weighted by Gasteiger charge is 2.16. The van der Waals surface area contributed by atoms with Gasteiger partial charge in [0.1, 0.15) is 11.2 Å². The molecule has 0 radical (unpaired) electrons. The number of fused-ring (bicyclic) bond motifs is 6. The Bertz CT molecular complexity index is 2910. The molecule has 0 amide bonds. The number of imidazole rings is 1. The van der Waals surface area contributed by atoms with Gasteiger partial charge in [-0.2, -0.15) is 0 Å². The van der Waals surface area contributed by atoms with Crippen LogP contribution < -0.4 is 0 Å². The molecule has 0 saturated heterocycles. The second-order valence-electron chi connectivity index (χ2n) is 12.7. The standard InChI is InChI=1S/C46H29N5/c1-2-12-30(13-3-1)33-14-10-17-36(28-33)43-39-20-6-7-21-40(39)47-45(49-43)32-25-23-31(24-26-32)34-15-11-16-35(29-34)42-37-18-4-5-19-38(37)44-46(50-42)51-27-9-8-22-41(51)48-44/h1-29H. The molecule has 0 unspecified atom stereocenters. The number of hydrogen-bond acceptors (Lipinski definition) is 4. The van der Waals surface area contributed by atoms with Gasteiger partial charge in [-0.3, -0.25) is 4.40 Å². The highest BCUT2D eigenvalue weighted by Crippen LogP contribution is 2.36. The van der Waals surface area contributed by atoms with Crippen LogP contribution in [0.25, 0.3) is 94.6 Å². The van der Waals surface area contributed by atoms with Crippen molar-refractivity contribution in [3.63, 3.8) is 0 Å². The van der Waals surface area contributed by atoms with Crippen LogP contribution in [0.3, 0.4) is 0 Å². The maximum atomic E-state index is 5.21. The van der Waals surface area contributed by atoms with Gasteiger partial charge in [0, 0.05) is 39.0 Å². The number of nitrogens with zero attached hydrogens (tertiary/aromatic N) is 5. The molecule has 6 aromatic carbocycles. The highest BCUT2D eigenvalue weighted by atomic mass is 15.1. The quantitative estimate of drug-likeness (QED) is 0.186. The van der Waals surface area contributed by atoms with Gasteiger partial charge in [0.25, 0.3) is 0 Å². The molecule has 0 aliphatic rings. The van der Waals surface area contributed by atoms with Crippen molar-refractivity contribution in [1.29, 1.82) is 0 Å². The summed E-state index contributed by atoms with van der Waals surface area (Å²) in [6.45, 7) is 0. The van der Waals surface area contributed by atoms with Crippen molar-refractivity contribution in [3.05, 3.63) is 176 Å². The van der Waals surface area contributed by atoms with Gasteiger partial charge < -0.3 is 0 Å². The Morgan fingerprint density at radius 3 is 1.69 bits per heavy atom. The van der Waals surface area contributed by atoms with E-state index in [4.69, 9.17) is 19.9 Å². The third-order valence-corrected chi connectivity index (χ3v) is 9.62. The molecular formula is C46H29N5. The summed E-state index contributed by atoms with van der Waals surface area (Å²) in [6.07, 6.45) is 2.03. The van der Waals surface area contributed by atoms with E-state index in [0.717, 1.165) is 83.3 Å². The summed E-state index contributed by atoms with van der Waals surface area (Å²) in [7, 11) is 0. The van der Waals surface area contributed by atoms with E-state index >= 15 is 0 Å². The lowest BCUT2D eigenvalue weighted by Gasteiger charge is -2.12. The molecule has 0 spiro atoms. The normalized spacial score (nSPS) is 11.5. The van der Waals surface area contributed by atoms with Crippen LogP contribution in [0.2, 0.25) is 0 Å². The van der Waals surface area contributed by atoms with Crippen molar-refractivity contribution in [1.82, 2.24) is 24.3 Å². The van der Waals surface area contributed by atoms with Gasteiger partial charge in [0.15, 0.2) is 11.5 Å². The Morgan fingerprint density at radius 1 is 0.353 bits per heavy atom. The molecule has 4 aromatic heterocycles. The molecule has 5 nitrogen and oxygen atoms in total. The molecule has 0 N–H and O–H groups in total. The Labute approximate surface area is 294 Å². The van der Waals surface area contributed by atoms with E-state index in [2.05, 4.69) is 138 Å². The lowest BCUT2D eigenvalue weighted by molar-refractivity contribution is 1.19. The van der Waals surface area contributed by atoms with Crippen LogP contribution in [0, 0.1) is 0 Å². The molecule has 0 saturated carbocycles. The number of pyridine rings is 2. The molecule has 0 aliphatic heterocycles. The maximum Gasteiger partial charge on any atom is 0.165 e. The SMILES string of the molecule is c1ccc(-c2cccc(-c3nc(-c4ccc(-c5cccc(-c6nc7c(nc8ccccn87)c7ccccc67)c5)cc4)nc4ccccc34)c2)cc1. The van der Waals surface area contributed by atoms with E-state index in [-0.39, 0.29) is 0 Å². The van der Waals surface area contributed by atoms with Crippen LogP contribution in [0.5, 0.6) is 0 Å². The van der Waals surface area contributed by atoms with E-state index in [1.807, 2.05) is 42.6 Å². The van der Waals surface area contributed by atoms with E-state index < -0.39 is 0 Å². The smallest absolute Gasteiger partial charge is 0.165 e. The Kier molecular flexibility index (Phi) is 6.74. The summed E-state index contributed by atoms with van der Waals surface area (Å²) in [6, 6.07) is 58.9. The monoisotopic (exact) mass is 651 g/mol. The second-order valence-corrected chi connectivity index (χ2v) is 12.7. The lowest BCUT2D eigenvalue weighted by atomic mass is 9.97. The lowest BCUT2D eigenvalue weighted by Crippen LogP contribution is -1.95. The minimum Gasteiger partial charge on any atom is -0.284 e. The third-order valence-electron chi connectivity index (χ3n) is 9.62. The molecule has 0 aliphatic carbocycles. The molecule has 0 bridgehead atoms. The van der Waals surface area contributed by atoms with Crippen LogP contribution in [0.1, 0.15) is 0 Å². The molecular weight excluding hydrogens is 623 g/mol. The first kappa shape index (κ1) is 29.0. The Balaban J connectivity index is 1.04. The summed E-state index contributed by atoms with van der Waals surface area (Å²) in [5.74, 6) is 0.700. The van der Waals surface area contributed by atoms with E-state index in [9.17, 15) is 0 Å². The average Bonchev–Trinajstić information content (AvgIpc) is 3.59. The Morgan fingerprint density at radius 2 is 0.922 bits per heavy atom. The first-order valence-electron chi connectivity index (χ1n) is 17.1. The van der Waals surface area contributed by atoms with Crippen LogP contribution in [-0.2, 0) is 0 Å². The van der Waals surface area contributed by atoms with Crippen molar-refractivity contribution >= 4 is 38.5 Å². The second kappa shape index (κ2) is 11.9. The molecule has 0 atom stereocenters. The summed E-state index contributed by atoms with van der Waals surface area (Å²) < 4.78 is 2.06. The summed E-state index contributed by atoms with van der Waals surface area (Å²) in [4.78, 5) is 20.3. The van der Waals surface area contributed by atoms with Gasteiger partial charge in [0.05, 0.1) is 16.9 Å². The van der Waals surface area contributed by atoms with Gasteiger partial charge in [-0.15, -0.1) is 0 Å². The molecule has 4 heterocycles. The summed E-state index contributed by atoms with van der Waals surface area (Å²) in [5, 5.41) is 3.21. The number of para-hydroxylation sites is 1. The first-order valence-corrected chi connectivity index (χ1v) is 17.1. The van der Waals surface area contributed by atoms with Crippen molar-refractivity contribution < 1.29 is 0 Å². The van der Waals surface area contributed by atoms with E-state index in [0.29, 0.717) is 5.82 Å². The minimum absolute atomic E-state index is 0.700. The van der Waals surface area contributed by atoms with Crippen molar-refractivity contribution in [2.75, 3.05) is 0 Å². The zero-order valence-electron chi connectivity index (χ0n) is 27.5. The van der Waals surface area contributed by atoms with Gasteiger partial charge in [-0.25, -0.2) is 19.9 Å². The number of rotatable bonds is 5. The van der Waals surface area contributed by atoms with Gasteiger partial charge in [-0.05, 0) is 52.6 Å². The zero-order chi connectivity index (χ0) is 33.7. The molecule has 10 rings (SSSR count). The summed E-state index contributed by atoms with van der Waals surface area (Å²) in [5.41, 5.74) is 13.1. The van der Waals surface area contributed by atoms with Gasteiger partial charge >= 0.3 is 0 Å². The van der Waals surface area contributed by atoms with E-state index in [1.54, 1.807) is 0 Å². The van der Waals surface area contributed by atoms with Gasteiger partial charge in [0.2, 0.25) is 0 Å². The maximum absolute atomic E-state index is 5.21. The van der Waals surface area contributed by atoms with Crippen LogP contribution in [0.15, 0.2) is 176 Å². The molecule has 238 valence electrons. The van der Waals surface area contributed by atoms with Crippen LogP contribution >= 0.6 is 0 Å². The highest BCUT2D eigenvalue weighted by molar-refractivity contribution is 6.09. The molecule has 10 aromatic rings. The fourth-order valence-electron chi connectivity index (χ4n) is 7.11. The van der Waals surface area contributed by atoms with Crippen molar-refractivity contribution in [2.45, 2.75) is 0 Å². The van der Waals surface area contributed by atoms with Crippen LogP contribution in [0.4, 0.5) is 0 Å². The third kappa shape index (κ3) is 5.03. The zero-order valence-corrected chi connectivity index (χ0v) is 27.5. The van der Waals surface area contributed by atoms with Crippen molar-refractivity contribution in [3.8, 4) is 56.2 Å². The topological polar surface area (TPSA) is 56.0 Å². The number of aromatic nitrogens is 5. The fraction of sp³-hybridized carbons (Fsp3) is 0. The van der Waals surface area contributed by atoms with Crippen LogP contribution in [-0.4, -0.2) is 24.3 Å². The molecule has 5 heteroatoms. The van der Waals surface area contributed by atoms with Gasteiger partial charge in [-0.1, -0.05) is 140 Å². The van der Waals surface area contributed by atoms with E-state index in [1.165, 1.54) is 5.56 Å². The first-order chi connectivity index (χ1) is 25.3. The molecule has 51 heavy (non-hydrogen) atoms. The van der Waals surface area contributed by atoms with Crippen molar-refractivity contribution in [2.24, 2.45) is 0 Å².